The number of Topliss-reactive ketones (excluding diaryl/α,β-unsaturated/α-hetero) is 1. The molecule has 1 aromatic carbocycles. The summed E-state index contributed by atoms with van der Waals surface area (Å²) in [5, 5.41) is 0. The lowest BCUT2D eigenvalue weighted by molar-refractivity contribution is 0.0987. The molecule has 19 heavy (non-hydrogen) atoms. The normalized spacial score (nSPS) is 10.3. The Labute approximate surface area is 117 Å². The maximum absolute atomic E-state index is 13.0. The highest BCUT2D eigenvalue weighted by molar-refractivity contribution is 9.10. The zero-order valence-corrected chi connectivity index (χ0v) is 11.6. The second kappa shape index (κ2) is 5.88. The number of benzene rings is 1. The molecular formula is C13H10BrFN2O2. The first-order chi connectivity index (χ1) is 9.10. The van der Waals surface area contributed by atoms with Crippen LogP contribution in [0.1, 0.15) is 16.1 Å². The minimum absolute atomic E-state index is 0.126. The third kappa shape index (κ3) is 3.35. The quantitative estimate of drug-likeness (QED) is 0.811. The minimum atomic E-state index is -0.355. The molecule has 0 bridgehead atoms. The molecule has 4 nitrogen and oxygen atoms in total. The van der Waals surface area contributed by atoms with Gasteiger partial charge in [-0.3, -0.25) is 4.79 Å². The number of ketones is 1. The smallest absolute Gasteiger partial charge is 0.216 e. The molecule has 0 N–H and O–H groups in total. The molecule has 0 radical (unpaired) electrons. The van der Waals surface area contributed by atoms with Gasteiger partial charge >= 0.3 is 0 Å². The molecule has 0 aliphatic heterocycles. The molecule has 2 rings (SSSR count). The first kappa shape index (κ1) is 13.6. The fourth-order valence-electron chi connectivity index (χ4n) is 1.53. The number of rotatable bonds is 4. The van der Waals surface area contributed by atoms with Crippen molar-refractivity contribution in [3.05, 3.63) is 52.1 Å². The molecule has 0 aliphatic carbocycles. The van der Waals surface area contributed by atoms with Gasteiger partial charge in [0, 0.05) is 17.0 Å². The molecule has 0 saturated heterocycles. The Morgan fingerprint density at radius 3 is 2.84 bits per heavy atom. The Morgan fingerprint density at radius 2 is 2.16 bits per heavy atom. The van der Waals surface area contributed by atoms with Gasteiger partial charge < -0.3 is 4.74 Å². The molecule has 1 aromatic heterocycles. The monoisotopic (exact) mass is 324 g/mol. The Bertz CT molecular complexity index is 619. The van der Waals surface area contributed by atoms with E-state index in [4.69, 9.17) is 4.74 Å². The molecule has 98 valence electrons. The van der Waals surface area contributed by atoms with Crippen LogP contribution in [0.3, 0.4) is 0 Å². The van der Waals surface area contributed by atoms with Gasteiger partial charge in [-0.05, 0) is 17.7 Å². The number of hydrogen-bond acceptors (Lipinski definition) is 4. The van der Waals surface area contributed by atoms with E-state index in [1.165, 1.54) is 31.6 Å². The molecule has 0 atom stereocenters. The number of methoxy groups -OCH3 is 1. The van der Waals surface area contributed by atoms with Gasteiger partial charge in [-0.2, -0.15) is 0 Å². The van der Waals surface area contributed by atoms with Crippen LogP contribution in [0.15, 0.2) is 35.1 Å². The molecule has 0 amide bonds. The van der Waals surface area contributed by atoms with E-state index in [0.29, 0.717) is 15.9 Å². The molecule has 0 saturated carbocycles. The summed E-state index contributed by atoms with van der Waals surface area (Å²) in [5.41, 5.74) is 0.965. The van der Waals surface area contributed by atoms with E-state index in [-0.39, 0.29) is 23.7 Å². The zero-order valence-electron chi connectivity index (χ0n) is 10.1. The van der Waals surface area contributed by atoms with Crippen LogP contribution >= 0.6 is 15.9 Å². The Morgan fingerprint density at radius 1 is 1.37 bits per heavy atom. The standard InChI is InChI=1S/C13H10BrFN2O2/c1-19-13-6-11(16-7-17-13)12(18)4-8-2-3-9(15)5-10(8)14/h2-3,5-7H,4H2,1H3. The summed E-state index contributed by atoms with van der Waals surface area (Å²) in [4.78, 5) is 19.8. The van der Waals surface area contributed by atoms with Gasteiger partial charge in [0.15, 0.2) is 5.78 Å². The summed E-state index contributed by atoms with van der Waals surface area (Å²) in [6, 6.07) is 5.67. The lowest BCUT2D eigenvalue weighted by Gasteiger charge is -2.04. The molecular weight excluding hydrogens is 315 g/mol. The van der Waals surface area contributed by atoms with Crippen molar-refractivity contribution in [3.63, 3.8) is 0 Å². The Hall–Kier alpha value is -1.82. The third-order valence-electron chi connectivity index (χ3n) is 2.50. The molecule has 0 fully saturated rings. The van der Waals surface area contributed by atoms with Gasteiger partial charge in [0.2, 0.25) is 5.88 Å². The van der Waals surface area contributed by atoms with Crippen molar-refractivity contribution in [2.45, 2.75) is 6.42 Å². The number of aromatic nitrogens is 2. The molecule has 2 aromatic rings. The number of carbonyl (C=O) groups is 1. The van der Waals surface area contributed by atoms with Crippen molar-refractivity contribution in [2.75, 3.05) is 7.11 Å². The predicted octanol–water partition coefficient (Wildman–Crippen LogP) is 2.81. The Kier molecular flexibility index (Phi) is 4.21. The van der Waals surface area contributed by atoms with Crippen LogP contribution in [-0.4, -0.2) is 22.9 Å². The van der Waals surface area contributed by atoms with Crippen LogP contribution in [-0.2, 0) is 6.42 Å². The number of halogens is 2. The molecule has 0 spiro atoms. The van der Waals surface area contributed by atoms with Gasteiger partial charge in [0.1, 0.15) is 17.8 Å². The highest BCUT2D eigenvalue weighted by atomic mass is 79.9. The van der Waals surface area contributed by atoms with Crippen molar-refractivity contribution in [1.29, 1.82) is 0 Å². The topological polar surface area (TPSA) is 52.1 Å². The number of hydrogen-bond donors (Lipinski definition) is 0. The lowest BCUT2D eigenvalue weighted by atomic mass is 10.1. The van der Waals surface area contributed by atoms with Crippen LogP contribution in [0.2, 0.25) is 0 Å². The van der Waals surface area contributed by atoms with Crippen LogP contribution in [0.4, 0.5) is 4.39 Å². The highest BCUT2D eigenvalue weighted by Gasteiger charge is 2.12. The summed E-state index contributed by atoms with van der Waals surface area (Å²) < 4.78 is 18.4. The first-order valence-electron chi connectivity index (χ1n) is 5.43. The van der Waals surface area contributed by atoms with Crippen molar-refractivity contribution in [3.8, 4) is 5.88 Å². The zero-order chi connectivity index (χ0) is 13.8. The number of carbonyl (C=O) groups excluding carboxylic acids is 1. The maximum atomic E-state index is 13.0. The first-order valence-corrected chi connectivity index (χ1v) is 6.22. The second-order valence-corrected chi connectivity index (χ2v) is 4.64. The van der Waals surface area contributed by atoms with Gasteiger partial charge in [0.25, 0.3) is 0 Å². The Balaban J connectivity index is 2.20. The maximum Gasteiger partial charge on any atom is 0.216 e. The summed E-state index contributed by atoms with van der Waals surface area (Å²) in [5.74, 6) is -0.212. The van der Waals surface area contributed by atoms with Gasteiger partial charge in [-0.1, -0.05) is 22.0 Å². The van der Waals surface area contributed by atoms with Gasteiger partial charge in [-0.25, -0.2) is 14.4 Å². The van der Waals surface area contributed by atoms with E-state index < -0.39 is 0 Å². The molecule has 0 unspecified atom stereocenters. The van der Waals surface area contributed by atoms with E-state index in [1.54, 1.807) is 6.07 Å². The van der Waals surface area contributed by atoms with E-state index in [1.807, 2.05) is 0 Å². The second-order valence-electron chi connectivity index (χ2n) is 3.78. The summed E-state index contributed by atoms with van der Waals surface area (Å²) in [7, 11) is 1.47. The van der Waals surface area contributed by atoms with Gasteiger partial charge in [-0.15, -0.1) is 0 Å². The van der Waals surface area contributed by atoms with E-state index >= 15 is 0 Å². The average molecular weight is 325 g/mol. The van der Waals surface area contributed by atoms with E-state index in [0.717, 1.165) is 0 Å². The average Bonchev–Trinajstić information content (AvgIpc) is 2.42. The minimum Gasteiger partial charge on any atom is -0.481 e. The largest absolute Gasteiger partial charge is 0.481 e. The third-order valence-corrected chi connectivity index (χ3v) is 3.24. The summed E-state index contributed by atoms with van der Waals surface area (Å²) in [6.07, 6.45) is 1.40. The van der Waals surface area contributed by atoms with Crippen LogP contribution in [0.5, 0.6) is 5.88 Å². The predicted molar refractivity (Wildman–Crippen MR) is 70.7 cm³/mol. The van der Waals surface area contributed by atoms with Crippen LogP contribution in [0.25, 0.3) is 0 Å². The van der Waals surface area contributed by atoms with Crippen LogP contribution < -0.4 is 4.74 Å². The number of nitrogens with zero attached hydrogens (tertiary/aromatic N) is 2. The molecule has 1 heterocycles. The van der Waals surface area contributed by atoms with E-state index in [9.17, 15) is 9.18 Å². The van der Waals surface area contributed by atoms with Gasteiger partial charge in [0.05, 0.1) is 7.11 Å². The number of ether oxygens (including phenoxy) is 1. The SMILES string of the molecule is COc1cc(C(=O)Cc2ccc(F)cc2Br)ncn1. The van der Waals surface area contributed by atoms with Crippen molar-refractivity contribution < 1.29 is 13.9 Å². The summed E-state index contributed by atoms with van der Waals surface area (Å²) >= 11 is 3.23. The van der Waals surface area contributed by atoms with Crippen molar-refractivity contribution >= 4 is 21.7 Å². The molecule has 0 aliphatic rings. The lowest BCUT2D eigenvalue weighted by Crippen LogP contribution is -2.07. The molecule has 6 heteroatoms. The van der Waals surface area contributed by atoms with Crippen molar-refractivity contribution in [1.82, 2.24) is 9.97 Å². The van der Waals surface area contributed by atoms with Crippen molar-refractivity contribution in [2.24, 2.45) is 0 Å². The van der Waals surface area contributed by atoms with E-state index in [2.05, 4.69) is 25.9 Å². The fraction of sp³-hybridized carbons (Fsp3) is 0.154. The highest BCUT2D eigenvalue weighted by Crippen LogP contribution is 2.20. The fourth-order valence-corrected chi connectivity index (χ4v) is 2.02. The van der Waals surface area contributed by atoms with Crippen LogP contribution in [0, 0.1) is 5.82 Å². The summed E-state index contributed by atoms with van der Waals surface area (Å²) in [6.45, 7) is 0.